The average molecular weight is 348 g/mol. The van der Waals surface area contributed by atoms with Crippen molar-refractivity contribution in [1.29, 1.82) is 0 Å². The summed E-state index contributed by atoms with van der Waals surface area (Å²) in [5, 5.41) is 0. The van der Waals surface area contributed by atoms with Crippen molar-refractivity contribution >= 4 is 0 Å². The summed E-state index contributed by atoms with van der Waals surface area (Å²) in [5.74, 6) is 1.98. The van der Waals surface area contributed by atoms with E-state index >= 15 is 0 Å². The van der Waals surface area contributed by atoms with E-state index in [0.717, 1.165) is 30.9 Å². The number of benzene rings is 2. The Bertz CT molecular complexity index is 849. The fourth-order valence-corrected chi connectivity index (χ4v) is 3.69. The highest BCUT2D eigenvalue weighted by Gasteiger charge is 2.24. The lowest BCUT2D eigenvalue weighted by molar-refractivity contribution is 0.204. The van der Waals surface area contributed by atoms with Gasteiger partial charge in [0.05, 0.1) is 13.4 Å². The van der Waals surface area contributed by atoms with Gasteiger partial charge in [0.2, 0.25) is 0 Å². The molecule has 1 aliphatic carbocycles. The fourth-order valence-electron chi connectivity index (χ4n) is 3.69. The molecule has 4 nitrogen and oxygen atoms in total. The summed E-state index contributed by atoms with van der Waals surface area (Å²) in [4.78, 5) is 4.12. The third-order valence-corrected chi connectivity index (χ3v) is 5.11. The van der Waals surface area contributed by atoms with Crippen LogP contribution < -0.4 is 9.47 Å². The number of hydrogen-bond acceptors (Lipinski definition) is 3. The van der Waals surface area contributed by atoms with Crippen molar-refractivity contribution in [2.75, 3.05) is 7.11 Å². The largest absolute Gasteiger partial charge is 0.493 e. The number of methoxy groups -OCH3 is 1. The Hall–Kier alpha value is -2.75. The summed E-state index contributed by atoms with van der Waals surface area (Å²) in [6, 6.07) is 14.8. The van der Waals surface area contributed by atoms with Crippen LogP contribution >= 0.6 is 0 Å². The van der Waals surface area contributed by atoms with Crippen LogP contribution in [0, 0.1) is 0 Å². The van der Waals surface area contributed by atoms with Gasteiger partial charge in [-0.1, -0.05) is 37.3 Å². The first kappa shape index (κ1) is 16.7. The normalized spacial score (nSPS) is 14.8. The quantitative estimate of drug-likeness (QED) is 0.668. The minimum Gasteiger partial charge on any atom is -0.493 e. The predicted molar refractivity (Wildman–Crippen MR) is 102 cm³/mol. The molecule has 4 rings (SSSR count). The molecule has 0 saturated heterocycles. The molecule has 134 valence electrons. The van der Waals surface area contributed by atoms with E-state index in [1.165, 1.54) is 16.7 Å². The number of fused-ring (bicyclic) bond motifs is 1. The molecule has 0 bridgehead atoms. The van der Waals surface area contributed by atoms with Gasteiger partial charge in [0, 0.05) is 31.8 Å². The molecule has 0 radical (unpaired) electrons. The lowest BCUT2D eigenvalue weighted by Gasteiger charge is -2.19. The van der Waals surface area contributed by atoms with Crippen molar-refractivity contribution in [2.24, 2.45) is 0 Å². The van der Waals surface area contributed by atoms with Gasteiger partial charge in [-0.25, -0.2) is 4.98 Å². The Morgan fingerprint density at radius 2 is 1.88 bits per heavy atom. The van der Waals surface area contributed by atoms with Crippen LogP contribution in [-0.2, 0) is 19.4 Å². The second-order valence-electron chi connectivity index (χ2n) is 6.99. The minimum atomic E-state index is 0.167. The lowest BCUT2D eigenvalue weighted by atomic mass is 10.0. The molecule has 3 aromatic rings. The van der Waals surface area contributed by atoms with Crippen LogP contribution in [-0.4, -0.2) is 22.8 Å². The highest BCUT2D eigenvalue weighted by molar-refractivity contribution is 5.44. The highest BCUT2D eigenvalue weighted by atomic mass is 16.5. The first-order valence-corrected chi connectivity index (χ1v) is 9.10. The molecule has 4 heteroatoms. The summed E-state index contributed by atoms with van der Waals surface area (Å²) in [6.45, 7) is 3.11. The van der Waals surface area contributed by atoms with E-state index in [1.807, 2.05) is 24.8 Å². The summed E-state index contributed by atoms with van der Waals surface area (Å²) in [6.07, 6.45) is 7.73. The molecular weight excluding hydrogens is 324 g/mol. The van der Waals surface area contributed by atoms with Crippen molar-refractivity contribution in [1.82, 2.24) is 9.55 Å². The summed E-state index contributed by atoms with van der Waals surface area (Å²) >= 11 is 0. The van der Waals surface area contributed by atoms with E-state index in [0.29, 0.717) is 5.92 Å². The van der Waals surface area contributed by atoms with Crippen LogP contribution in [0.2, 0.25) is 0 Å². The zero-order chi connectivity index (χ0) is 17.9. The fraction of sp³-hybridized carbons (Fsp3) is 0.318. The molecule has 0 aliphatic heterocycles. The third kappa shape index (κ3) is 3.45. The van der Waals surface area contributed by atoms with E-state index < -0.39 is 0 Å². The number of aromatic nitrogens is 2. The zero-order valence-electron chi connectivity index (χ0n) is 15.3. The SMILES string of the molecule is COc1ccc(C(C)Cn2ccnc2)cc1OC1Cc2ccccc2C1. The Balaban J connectivity index is 1.51. The second-order valence-corrected chi connectivity index (χ2v) is 6.99. The van der Waals surface area contributed by atoms with E-state index in [2.05, 4.69) is 52.9 Å². The van der Waals surface area contributed by atoms with Crippen molar-refractivity contribution < 1.29 is 9.47 Å². The molecule has 1 aliphatic rings. The molecule has 1 aromatic heterocycles. The molecule has 0 fully saturated rings. The number of ether oxygens (including phenoxy) is 2. The molecule has 1 atom stereocenters. The van der Waals surface area contributed by atoms with Crippen LogP contribution in [0.5, 0.6) is 11.5 Å². The first-order valence-electron chi connectivity index (χ1n) is 9.10. The third-order valence-electron chi connectivity index (χ3n) is 5.11. The molecule has 0 N–H and O–H groups in total. The van der Waals surface area contributed by atoms with Crippen molar-refractivity contribution in [2.45, 2.75) is 38.3 Å². The Morgan fingerprint density at radius 3 is 2.54 bits per heavy atom. The lowest BCUT2D eigenvalue weighted by Crippen LogP contribution is -2.17. The van der Waals surface area contributed by atoms with Gasteiger partial charge in [-0.2, -0.15) is 0 Å². The number of rotatable bonds is 6. The Labute approximate surface area is 154 Å². The summed E-state index contributed by atoms with van der Waals surface area (Å²) in [7, 11) is 1.69. The van der Waals surface area contributed by atoms with Crippen LogP contribution in [0.25, 0.3) is 0 Å². The van der Waals surface area contributed by atoms with Crippen molar-refractivity contribution in [3.8, 4) is 11.5 Å². The molecular formula is C22H24N2O2. The predicted octanol–water partition coefficient (Wildman–Crippen LogP) is 4.24. The summed E-state index contributed by atoms with van der Waals surface area (Å²) < 4.78 is 14.0. The topological polar surface area (TPSA) is 36.3 Å². The first-order chi connectivity index (χ1) is 12.7. The van der Waals surface area contributed by atoms with E-state index in [4.69, 9.17) is 9.47 Å². The molecule has 26 heavy (non-hydrogen) atoms. The molecule has 0 amide bonds. The molecule has 2 aromatic carbocycles. The van der Waals surface area contributed by atoms with E-state index in [1.54, 1.807) is 7.11 Å². The maximum Gasteiger partial charge on any atom is 0.161 e. The van der Waals surface area contributed by atoms with Gasteiger partial charge in [-0.3, -0.25) is 0 Å². The van der Waals surface area contributed by atoms with Gasteiger partial charge in [0.1, 0.15) is 6.10 Å². The van der Waals surface area contributed by atoms with Crippen LogP contribution in [0.4, 0.5) is 0 Å². The van der Waals surface area contributed by atoms with Gasteiger partial charge in [0.15, 0.2) is 11.5 Å². The van der Waals surface area contributed by atoms with Crippen molar-refractivity contribution in [3.05, 3.63) is 77.9 Å². The van der Waals surface area contributed by atoms with Crippen LogP contribution in [0.15, 0.2) is 61.2 Å². The number of imidazole rings is 1. The van der Waals surface area contributed by atoms with Crippen molar-refractivity contribution in [3.63, 3.8) is 0 Å². The molecule has 1 heterocycles. The van der Waals surface area contributed by atoms with Gasteiger partial charge >= 0.3 is 0 Å². The molecule has 0 spiro atoms. The molecule has 0 saturated carbocycles. The standard InChI is InChI=1S/C22H24N2O2/c1-16(14-24-10-9-23-15-24)17-7-8-21(25-2)22(13-17)26-20-11-18-5-3-4-6-19(18)12-20/h3-10,13,15-16,20H,11-12,14H2,1-2H3. The summed E-state index contributed by atoms with van der Waals surface area (Å²) in [5.41, 5.74) is 4.02. The smallest absolute Gasteiger partial charge is 0.161 e. The van der Waals surface area contributed by atoms with Gasteiger partial charge < -0.3 is 14.0 Å². The maximum absolute atomic E-state index is 6.36. The van der Waals surface area contributed by atoms with Gasteiger partial charge in [-0.15, -0.1) is 0 Å². The van der Waals surface area contributed by atoms with Gasteiger partial charge in [0.25, 0.3) is 0 Å². The minimum absolute atomic E-state index is 0.167. The van der Waals surface area contributed by atoms with Gasteiger partial charge in [-0.05, 0) is 34.7 Å². The van der Waals surface area contributed by atoms with Crippen LogP contribution in [0.3, 0.4) is 0 Å². The Kier molecular flexibility index (Phi) is 4.65. The average Bonchev–Trinajstić information content (AvgIpc) is 3.30. The monoisotopic (exact) mass is 348 g/mol. The Morgan fingerprint density at radius 1 is 1.12 bits per heavy atom. The second kappa shape index (κ2) is 7.24. The van der Waals surface area contributed by atoms with E-state index in [9.17, 15) is 0 Å². The number of hydrogen-bond donors (Lipinski definition) is 0. The maximum atomic E-state index is 6.36. The number of nitrogens with zero attached hydrogens (tertiary/aromatic N) is 2. The zero-order valence-corrected chi connectivity index (χ0v) is 15.3. The van der Waals surface area contributed by atoms with Crippen LogP contribution in [0.1, 0.15) is 29.5 Å². The molecule has 1 unspecified atom stereocenters. The highest BCUT2D eigenvalue weighted by Crippen LogP contribution is 2.34. The van der Waals surface area contributed by atoms with E-state index in [-0.39, 0.29) is 6.10 Å².